The van der Waals surface area contributed by atoms with Gasteiger partial charge < -0.3 is 15.0 Å². The van der Waals surface area contributed by atoms with Crippen LogP contribution in [0.3, 0.4) is 0 Å². The number of esters is 2. The zero-order chi connectivity index (χ0) is 10.3. The number of carbonyl (C=O) groups is 2. The van der Waals surface area contributed by atoms with Gasteiger partial charge in [-0.1, -0.05) is 12.7 Å². The number of nitrogens with zero attached hydrogens (tertiary/aromatic N) is 2. The smallest absolute Gasteiger partial charge is 0.460 e. The molecule has 0 fully saturated rings. The van der Waals surface area contributed by atoms with Crippen molar-refractivity contribution in [2.45, 2.75) is 0 Å². The fraction of sp³-hybridized carbons (Fsp3) is 0.286. The Bertz CT molecular complexity index is 278. The Kier molecular flexibility index (Phi) is 4.83. The molecule has 0 N–H and O–H groups in total. The highest BCUT2D eigenvalue weighted by molar-refractivity contribution is 6.60. The second-order valence-electron chi connectivity index (χ2n) is 1.83. The summed E-state index contributed by atoms with van der Waals surface area (Å²) in [6, 6.07) is 0. The van der Waals surface area contributed by atoms with Gasteiger partial charge in [0.15, 0.2) is 0 Å². The molecule has 0 saturated heterocycles. The van der Waals surface area contributed by atoms with Gasteiger partial charge in [-0.2, -0.15) is 4.79 Å². The van der Waals surface area contributed by atoms with Crippen molar-refractivity contribution in [3.05, 3.63) is 18.2 Å². The van der Waals surface area contributed by atoms with Gasteiger partial charge in [-0.05, 0) is 0 Å². The molecule has 0 aliphatic heterocycles. The summed E-state index contributed by atoms with van der Waals surface area (Å²) in [4.78, 5) is 24.0. The van der Waals surface area contributed by atoms with Crippen LogP contribution >= 0.6 is 0 Å². The van der Waals surface area contributed by atoms with Crippen molar-refractivity contribution in [2.75, 3.05) is 13.7 Å². The summed E-state index contributed by atoms with van der Waals surface area (Å²) < 4.78 is 8.57. The predicted molar refractivity (Wildman–Crippen MR) is 41.8 cm³/mol. The van der Waals surface area contributed by atoms with E-state index in [4.69, 9.17) is 5.53 Å². The minimum Gasteiger partial charge on any atom is -0.460 e. The summed E-state index contributed by atoms with van der Waals surface area (Å²) in [5, 5.41) is 0. The van der Waals surface area contributed by atoms with E-state index >= 15 is 0 Å². The minimum absolute atomic E-state index is 0.0746. The first-order valence-electron chi connectivity index (χ1n) is 3.25. The highest BCUT2D eigenvalue weighted by atomic mass is 16.5. The molecule has 6 heteroatoms. The van der Waals surface area contributed by atoms with Crippen molar-refractivity contribution in [1.29, 1.82) is 0 Å². The van der Waals surface area contributed by atoms with Crippen LogP contribution in [-0.4, -0.2) is 36.2 Å². The number of ether oxygens (including phenoxy) is 2. The lowest BCUT2D eigenvalue weighted by molar-refractivity contribution is -0.147. The third kappa shape index (κ3) is 3.31. The van der Waals surface area contributed by atoms with Gasteiger partial charge >= 0.3 is 17.7 Å². The fourth-order valence-electron chi connectivity index (χ4n) is 0.465. The molecule has 0 aromatic rings. The quantitative estimate of drug-likeness (QED) is 0.148. The van der Waals surface area contributed by atoms with Gasteiger partial charge in [0.1, 0.15) is 6.61 Å². The van der Waals surface area contributed by atoms with Crippen LogP contribution < -0.4 is 0 Å². The Hall–Kier alpha value is -1.94. The first-order chi connectivity index (χ1) is 6.17. The lowest BCUT2D eigenvalue weighted by Crippen LogP contribution is -2.28. The van der Waals surface area contributed by atoms with Crippen molar-refractivity contribution < 1.29 is 23.9 Å². The van der Waals surface area contributed by atoms with E-state index in [2.05, 4.69) is 20.8 Å². The Morgan fingerprint density at radius 1 is 1.54 bits per heavy atom. The maximum Gasteiger partial charge on any atom is 0.482 e. The highest BCUT2D eigenvalue weighted by Gasteiger charge is 2.32. The van der Waals surface area contributed by atoms with Crippen LogP contribution in [0.2, 0.25) is 0 Å². The molecule has 6 nitrogen and oxygen atoms in total. The summed E-state index contributed by atoms with van der Waals surface area (Å²) in [6.45, 7) is 3.21. The van der Waals surface area contributed by atoms with Crippen LogP contribution in [0.15, 0.2) is 12.7 Å². The molecule has 0 aromatic carbocycles. The molecule has 0 heterocycles. The number of methoxy groups -OCH3 is 1. The topological polar surface area (TPSA) is 89.0 Å². The van der Waals surface area contributed by atoms with Gasteiger partial charge in [-0.3, -0.25) is 0 Å². The van der Waals surface area contributed by atoms with Gasteiger partial charge in [0.05, 0.1) is 7.11 Å². The van der Waals surface area contributed by atoms with E-state index in [1.807, 2.05) is 0 Å². The average molecular weight is 184 g/mol. The Balaban J connectivity index is 4.43. The molecule has 0 rings (SSSR count). The van der Waals surface area contributed by atoms with Crippen molar-refractivity contribution in [2.24, 2.45) is 0 Å². The average Bonchev–Trinajstić information content (AvgIpc) is 2.15. The molecule has 0 bridgehead atoms. The standard InChI is InChI=1S/C7H8N2O4/c1-3-4-13-7(11)5(9-8)6(10)12-2/h3H,1,4H2,2H3. The Labute approximate surface area is 74.4 Å². The van der Waals surface area contributed by atoms with E-state index in [0.29, 0.717) is 0 Å². The van der Waals surface area contributed by atoms with Crippen LogP contribution in [0, 0.1) is 0 Å². The molecule has 0 unspecified atom stereocenters. The van der Waals surface area contributed by atoms with Crippen molar-refractivity contribution in [1.82, 2.24) is 0 Å². The molecule has 13 heavy (non-hydrogen) atoms. The van der Waals surface area contributed by atoms with Crippen molar-refractivity contribution in [3.63, 3.8) is 0 Å². The van der Waals surface area contributed by atoms with Crippen LogP contribution in [0.5, 0.6) is 0 Å². The van der Waals surface area contributed by atoms with Crippen LogP contribution in [0.25, 0.3) is 5.53 Å². The Morgan fingerprint density at radius 3 is 2.54 bits per heavy atom. The maximum absolute atomic E-state index is 10.9. The third-order valence-corrected chi connectivity index (χ3v) is 1.00. The lowest BCUT2D eigenvalue weighted by Gasteiger charge is -1.95. The van der Waals surface area contributed by atoms with E-state index in [9.17, 15) is 9.59 Å². The summed E-state index contributed by atoms with van der Waals surface area (Å²) in [5.41, 5.74) is 7.46. The largest absolute Gasteiger partial charge is 0.482 e. The zero-order valence-electron chi connectivity index (χ0n) is 7.02. The molecular weight excluding hydrogens is 176 g/mol. The first-order valence-corrected chi connectivity index (χ1v) is 3.25. The van der Waals surface area contributed by atoms with E-state index in [-0.39, 0.29) is 6.61 Å². The molecular formula is C7H8N2O4. The van der Waals surface area contributed by atoms with Gasteiger partial charge in [-0.25, -0.2) is 9.59 Å². The Morgan fingerprint density at radius 2 is 2.15 bits per heavy atom. The van der Waals surface area contributed by atoms with Crippen molar-refractivity contribution in [3.8, 4) is 0 Å². The highest BCUT2D eigenvalue weighted by Crippen LogP contribution is 1.85. The number of hydrogen-bond donors (Lipinski definition) is 0. The molecule has 0 aliphatic carbocycles. The van der Waals surface area contributed by atoms with E-state index < -0.39 is 17.7 Å². The summed E-state index contributed by atoms with van der Waals surface area (Å²) in [7, 11) is 1.05. The molecule has 0 spiro atoms. The van der Waals surface area contributed by atoms with Gasteiger partial charge in [-0.15, -0.1) is 0 Å². The van der Waals surface area contributed by atoms with Crippen molar-refractivity contribution >= 4 is 17.7 Å². The van der Waals surface area contributed by atoms with Gasteiger partial charge in [0.25, 0.3) is 0 Å². The number of carbonyl (C=O) groups excluding carboxylic acids is 2. The van der Waals surface area contributed by atoms with Crippen LogP contribution in [0.4, 0.5) is 0 Å². The fourth-order valence-corrected chi connectivity index (χ4v) is 0.465. The van der Waals surface area contributed by atoms with Gasteiger partial charge in [0, 0.05) is 0 Å². The molecule has 0 amide bonds. The molecule has 0 aliphatic rings. The third-order valence-electron chi connectivity index (χ3n) is 1.00. The van der Waals surface area contributed by atoms with E-state index in [1.54, 1.807) is 0 Å². The molecule has 0 aromatic heterocycles. The second kappa shape index (κ2) is 5.68. The zero-order valence-corrected chi connectivity index (χ0v) is 7.02. The predicted octanol–water partition coefficient (Wildman–Crippen LogP) is -0.441. The molecule has 0 saturated carbocycles. The monoisotopic (exact) mass is 184 g/mol. The molecule has 0 radical (unpaired) electrons. The normalized spacial score (nSPS) is 8.08. The summed E-state index contributed by atoms with van der Waals surface area (Å²) in [6.07, 6.45) is 1.31. The van der Waals surface area contributed by atoms with Gasteiger partial charge in [0.2, 0.25) is 0 Å². The SMILES string of the molecule is C=CCOC(=O)C(=[N+]=[N-])C(=O)OC. The first kappa shape index (κ1) is 11.1. The lowest BCUT2D eigenvalue weighted by atomic mass is 10.4. The van der Waals surface area contributed by atoms with E-state index in [0.717, 1.165) is 7.11 Å². The number of rotatable bonds is 4. The van der Waals surface area contributed by atoms with Crippen LogP contribution in [0.1, 0.15) is 0 Å². The minimum atomic E-state index is -1.06. The maximum atomic E-state index is 10.9. The second-order valence-corrected chi connectivity index (χ2v) is 1.83. The summed E-state index contributed by atoms with van der Waals surface area (Å²) >= 11 is 0. The molecule has 0 atom stereocenters. The van der Waals surface area contributed by atoms with Crippen LogP contribution in [-0.2, 0) is 19.1 Å². The molecule has 70 valence electrons. The number of hydrogen-bond acceptors (Lipinski definition) is 4. The van der Waals surface area contributed by atoms with E-state index in [1.165, 1.54) is 6.08 Å². The summed E-state index contributed by atoms with van der Waals surface area (Å²) in [5.74, 6) is -2.12.